The number of nitrogens with zero attached hydrogens (tertiary/aromatic N) is 3. The van der Waals surface area contributed by atoms with Crippen molar-refractivity contribution >= 4 is 0 Å². The first kappa shape index (κ1) is 12.4. The average Bonchev–Trinajstić information content (AvgIpc) is 2.93. The van der Waals surface area contributed by atoms with E-state index in [1.54, 1.807) is 6.33 Å². The van der Waals surface area contributed by atoms with E-state index in [9.17, 15) is 0 Å². The quantitative estimate of drug-likeness (QED) is 0.898. The highest BCUT2D eigenvalue weighted by molar-refractivity contribution is 5.33. The minimum Gasteiger partial charge on any atom is -0.319 e. The Morgan fingerprint density at radius 2 is 1.89 bits per heavy atom. The summed E-state index contributed by atoms with van der Waals surface area (Å²) in [4.78, 5) is 0. The first-order chi connectivity index (χ1) is 9.19. The number of hydrogen-bond donors (Lipinski definition) is 1. The standard InChI is InChI=1S/C15H20N4/c1-12-7-9-15(16,10-8-12)14-18-17-11-19(14)13-5-3-2-4-6-13/h2-6,11-12H,7-10,16H2,1H3. The second-order valence-corrected chi connectivity index (χ2v) is 5.70. The normalized spacial score (nSPS) is 27.4. The van der Waals surface area contributed by atoms with Crippen LogP contribution < -0.4 is 5.73 Å². The van der Waals surface area contributed by atoms with E-state index in [4.69, 9.17) is 5.73 Å². The summed E-state index contributed by atoms with van der Waals surface area (Å²) in [6, 6.07) is 10.2. The Balaban J connectivity index is 1.96. The monoisotopic (exact) mass is 256 g/mol. The Hall–Kier alpha value is -1.68. The topological polar surface area (TPSA) is 56.7 Å². The zero-order valence-electron chi connectivity index (χ0n) is 11.3. The van der Waals surface area contributed by atoms with Crippen LogP contribution in [0.4, 0.5) is 0 Å². The van der Waals surface area contributed by atoms with Gasteiger partial charge >= 0.3 is 0 Å². The van der Waals surface area contributed by atoms with Crippen LogP contribution in [0.2, 0.25) is 0 Å². The molecule has 1 aliphatic rings. The van der Waals surface area contributed by atoms with Crippen molar-refractivity contribution in [3.8, 4) is 5.69 Å². The van der Waals surface area contributed by atoms with Gasteiger partial charge in [0, 0.05) is 5.69 Å². The van der Waals surface area contributed by atoms with Gasteiger partial charge in [-0.3, -0.25) is 4.57 Å². The van der Waals surface area contributed by atoms with Gasteiger partial charge in [-0.05, 0) is 43.7 Å². The lowest BCUT2D eigenvalue weighted by Gasteiger charge is -2.35. The average molecular weight is 256 g/mol. The van der Waals surface area contributed by atoms with E-state index in [1.165, 1.54) is 0 Å². The first-order valence-corrected chi connectivity index (χ1v) is 6.94. The van der Waals surface area contributed by atoms with Gasteiger partial charge in [-0.15, -0.1) is 10.2 Å². The van der Waals surface area contributed by atoms with Crippen LogP contribution in [0.5, 0.6) is 0 Å². The summed E-state index contributed by atoms with van der Waals surface area (Å²) in [5.74, 6) is 1.66. The lowest BCUT2D eigenvalue weighted by atomic mass is 9.77. The lowest BCUT2D eigenvalue weighted by Crippen LogP contribution is -2.42. The van der Waals surface area contributed by atoms with Crippen LogP contribution in [0.1, 0.15) is 38.4 Å². The molecule has 2 aromatic rings. The summed E-state index contributed by atoms with van der Waals surface area (Å²) in [5, 5.41) is 8.37. The number of hydrogen-bond acceptors (Lipinski definition) is 3. The molecule has 19 heavy (non-hydrogen) atoms. The third-order valence-corrected chi connectivity index (χ3v) is 4.19. The maximum Gasteiger partial charge on any atom is 0.157 e. The Bertz CT molecular complexity index is 538. The molecule has 4 nitrogen and oxygen atoms in total. The Morgan fingerprint density at radius 3 is 2.58 bits per heavy atom. The Morgan fingerprint density at radius 1 is 1.21 bits per heavy atom. The summed E-state index contributed by atoms with van der Waals surface area (Å²) in [6.45, 7) is 2.29. The molecule has 1 aliphatic carbocycles. The van der Waals surface area contributed by atoms with E-state index in [2.05, 4.69) is 29.3 Å². The van der Waals surface area contributed by atoms with Crippen LogP contribution in [0.3, 0.4) is 0 Å². The second-order valence-electron chi connectivity index (χ2n) is 5.70. The molecule has 0 spiro atoms. The van der Waals surface area contributed by atoms with Crippen molar-refractivity contribution in [1.29, 1.82) is 0 Å². The van der Waals surface area contributed by atoms with Crippen molar-refractivity contribution in [3.05, 3.63) is 42.5 Å². The van der Waals surface area contributed by atoms with Crippen LogP contribution in [-0.4, -0.2) is 14.8 Å². The smallest absolute Gasteiger partial charge is 0.157 e. The van der Waals surface area contributed by atoms with Crippen LogP contribution >= 0.6 is 0 Å². The van der Waals surface area contributed by atoms with Crippen LogP contribution in [0, 0.1) is 5.92 Å². The molecule has 0 saturated heterocycles. The number of para-hydroxylation sites is 1. The molecule has 0 aliphatic heterocycles. The number of rotatable bonds is 2. The molecular formula is C15H20N4. The van der Waals surface area contributed by atoms with E-state index in [-0.39, 0.29) is 5.54 Å². The van der Waals surface area contributed by atoms with Gasteiger partial charge in [-0.25, -0.2) is 0 Å². The van der Waals surface area contributed by atoms with Gasteiger partial charge in [0.05, 0.1) is 5.54 Å². The summed E-state index contributed by atoms with van der Waals surface area (Å²) in [6.07, 6.45) is 6.06. The fourth-order valence-corrected chi connectivity index (χ4v) is 2.85. The van der Waals surface area contributed by atoms with Gasteiger partial charge < -0.3 is 5.73 Å². The van der Waals surface area contributed by atoms with Gasteiger partial charge in [0.2, 0.25) is 0 Å². The van der Waals surface area contributed by atoms with Crippen LogP contribution in [0.25, 0.3) is 5.69 Å². The predicted octanol–water partition coefficient (Wildman–Crippen LogP) is 2.63. The van der Waals surface area contributed by atoms with Gasteiger partial charge in [0.15, 0.2) is 5.82 Å². The van der Waals surface area contributed by atoms with Gasteiger partial charge in [-0.2, -0.15) is 0 Å². The van der Waals surface area contributed by atoms with E-state index in [0.29, 0.717) is 0 Å². The summed E-state index contributed by atoms with van der Waals surface area (Å²) >= 11 is 0. The minimum absolute atomic E-state index is 0.334. The minimum atomic E-state index is -0.334. The predicted molar refractivity (Wildman–Crippen MR) is 74.9 cm³/mol. The highest BCUT2D eigenvalue weighted by atomic mass is 15.3. The number of nitrogens with two attached hydrogens (primary N) is 1. The van der Waals surface area contributed by atoms with Crippen molar-refractivity contribution in [2.24, 2.45) is 11.7 Å². The summed E-state index contributed by atoms with van der Waals surface area (Å²) in [5.41, 5.74) is 7.34. The van der Waals surface area contributed by atoms with Crippen molar-refractivity contribution in [1.82, 2.24) is 14.8 Å². The zero-order chi connectivity index (χ0) is 13.3. The molecule has 1 aromatic heterocycles. The Kier molecular flexibility index (Phi) is 3.11. The molecule has 1 heterocycles. The zero-order valence-corrected chi connectivity index (χ0v) is 11.3. The highest BCUT2D eigenvalue weighted by Crippen LogP contribution is 2.36. The van der Waals surface area contributed by atoms with Gasteiger partial charge in [-0.1, -0.05) is 25.1 Å². The largest absolute Gasteiger partial charge is 0.319 e. The molecule has 1 aromatic carbocycles. The third kappa shape index (κ3) is 2.28. The van der Waals surface area contributed by atoms with E-state index >= 15 is 0 Å². The Labute approximate surface area is 113 Å². The van der Waals surface area contributed by atoms with Crippen molar-refractivity contribution in [3.63, 3.8) is 0 Å². The van der Waals surface area contributed by atoms with Crippen molar-refractivity contribution in [2.75, 3.05) is 0 Å². The maximum absolute atomic E-state index is 6.60. The van der Waals surface area contributed by atoms with E-state index in [1.807, 2.05) is 22.8 Å². The molecule has 100 valence electrons. The molecule has 2 N–H and O–H groups in total. The van der Waals surface area contributed by atoms with E-state index < -0.39 is 0 Å². The van der Waals surface area contributed by atoms with Crippen LogP contribution in [0.15, 0.2) is 36.7 Å². The molecular weight excluding hydrogens is 236 g/mol. The van der Waals surface area contributed by atoms with Crippen molar-refractivity contribution < 1.29 is 0 Å². The molecule has 0 radical (unpaired) electrons. The van der Waals surface area contributed by atoms with E-state index in [0.717, 1.165) is 43.1 Å². The fourth-order valence-electron chi connectivity index (χ4n) is 2.85. The molecule has 1 saturated carbocycles. The first-order valence-electron chi connectivity index (χ1n) is 6.94. The molecule has 0 bridgehead atoms. The number of benzene rings is 1. The molecule has 0 amide bonds. The second kappa shape index (κ2) is 4.78. The highest BCUT2D eigenvalue weighted by Gasteiger charge is 2.36. The summed E-state index contributed by atoms with van der Waals surface area (Å²) in [7, 11) is 0. The molecule has 4 heteroatoms. The fraction of sp³-hybridized carbons (Fsp3) is 0.467. The SMILES string of the molecule is CC1CCC(N)(c2nncn2-c2ccccc2)CC1. The maximum atomic E-state index is 6.60. The molecule has 0 atom stereocenters. The molecule has 1 fully saturated rings. The van der Waals surface area contributed by atoms with Gasteiger partial charge in [0.1, 0.15) is 6.33 Å². The summed E-state index contributed by atoms with van der Waals surface area (Å²) < 4.78 is 2.02. The molecule has 3 rings (SSSR count). The molecule has 0 unspecified atom stereocenters. The lowest BCUT2D eigenvalue weighted by molar-refractivity contribution is 0.234. The van der Waals surface area contributed by atoms with Crippen molar-refractivity contribution in [2.45, 2.75) is 38.1 Å². The van der Waals surface area contributed by atoms with Gasteiger partial charge in [0.25, 0.3) is 0 Å². The van der Waals surface area contributed by atoms with Crippen LogP contribution in [-0.2, 0) is 5.54 Å². The third-order valence-electron chi connectivity index (χ3n) is 4.19. The number of aromatic nitrogens is 3.